The fraction of sp³-hybridized carbons (Fsp3) is 0.111. The maximum atomic E-state index is 12.0. The highest BCUT2D eigenvalue weighted by molar-refractivity contribution is 7.18. The third-order valence-electron chi connectivity index (χ3n) is 3.86. The van der Waals surface area contributed by atoms with Gasteiger partial charge in [0.05, 0.1) is 5.52 Å². The highest BCUT2D eigenvalue weighted by atomic mass is 32.1. The van der Waals surface area contributed by atoms with Crippen molar-refractivity contribution in [3.8, 4) is 10.6 Å². The van der Waals surface area contributed by atoms with Crippen LogP contribution in [-0.4, -0.2) is 27.3 Å². The molecule has 4 aromatic rings. The van der Waals surface area contributed by atoms with Crippen molar-refractivity contribution >= 4 is 33.6 Å². The molecule has 0 aliphatic rings. The molecule has 8 nitrogen and oxygen atoms in total. The molecule has 2 heterocycles. The highest BCUT2D eigenvalue weighted by Crippen LogP contribution is 2.25. The molecule has 0 aliphatic heterocycles. The number of aromatic nitrogens is 3. The number of hydrogen-bond donors (Lipinski definition) is 2. The van der Waals surface area contributed by atoms with Crippen LogP contribution in [0.4, 0.5) is 9.93 Å². The maximum Gasteiger partial charge on any atom is 0.420 e. The van der Waals surface area contributed by atoms with E-state index >= 15 is 0 Å². The second-order valence-electron chi connectivity index (χ2n) is 5.65. The first-order valence-electron chi connectivity index (χ1n) is 8.23. The van der Waals surface area contributed by atoms with E-state index < -0.39 is 11.8 Å². The van der Waals surface area contributed by atoms with E-state index in [1.54, 1.807) is 18.2 Å². The van der Waals surface area contributed by atoms with Crippen molar-refractivity contribution in [1.29, 1.82) is 0 Å². The van der Waals surface area contributed by atoms with Gasteiger partial charge in [0.15, 0.2) is 5.58 Å². The van der Waals surface area contributed by atoms with E-state index in [4.69, 9.17) is 4.42 Å². The lowest BCUT2D eigenvalue weighted by atomic mass is 10.2. The molecule has 0 fully saturated rings. The van der Waals surface area contributed by atoms with Crippen LogP contribution in [0.2, 0.25) is 0 Å². The smallest absolute Gasteiger partial charge is 0.408 e. The summed E-state index contributed by atoms with van der Waals surface area (Å²) in [4.78, 5) is 23.9. The third kappa shape index (κ3) is 3.72. The first-order chi connectivity index (χ1) is 13.2. The van der Waals surface area contributed by atoms with Crippen LogP contribution in [0, 0.1) is 0 Å². The van der Waals surface area contributed by atoms with Crippen LogP contribution in [0.5, 0.6) is 0 Å². The standard InChI is InChI=1S/C18H15N5O3S/c24-16(20-17-22-21-15(27-17)12-6-2-1-3-7-12)19-10-11-23-13-8-4-5-9-14(13)26-18(23)25/h1-9H,10-11H2,(H2,19,20,22,24). The number of benzene rings is 2. The van der Waals surface area contributed by atoms with Gasteiger partial charge < -0.3 is 9.73 Å². The number of rotatable bonds is 5. The topological polar surface area (TPSA) is 102 Å². The van der Waals surface area contributed by atoms with Crippen molar-refractivity contribution in [3.63, 3.8) is 0 Å². The highest BCUT2D eigenvalue weighted by Gasteiger charge is 2.11. The summed E-state index contributed by atoms with van der Waals surface area (Å²) < 4.78 is 6.64. The minimum absolute atomic E-state index is 0.264. The summed E-state index contributed by atoms with van der Waals surface area (Å²) in [6.45, 7) is 0.564. The number of urea groups is 1. The van der Waals surface area contributed by atoms with Gasteiger partial charge in [0, 0.05) is 18.7 Å². The number of anilines is 1. The first kappa shape index (κ1) is 17.0. The van der Waals surface area contributed by atoms with Crippen molar-refractivity contribution in [2.75, 3.05) is 11.9 Å². The number of carbonyl (C=O) groups is 1. The molecular formula is C18H15N5O3S. The molecule has 0 spiro atoms. The molecule has 0 atom stereocenters. The molecule has 2 aromatic heterocycles. The Morgan fingerprint density at radius 2 is 1.85 bits per heavy atom. The van der Waals surface area contributed by atoms with Gasteiger partial charge in [-0.1, -0.05) is 53.8 Å². The fourth-order valence-electron chi connectivity index (χ4n) is 2.62. The molecule has 9 heteroatoms. The molecule has 2 N–H and O–H groups in total. The second-order valence-corrected chi connectivity index (χ2v) is 6.62. The third-order valence-corrected chi connectivity index (χ3v) is 4.75. The summed E-state index contributed by atoms with van der Waals surface area (Å²) in [6, 6.07) is 16.4. The van der Waals surface area contributed by atoms with E-state index in [1.165, 1.54) is 15.9 Å². The quantitative estimate of drug-likeness (QED) is 0.553. The Morgan fingerprint density at radius 1 is 1.07 bits per heavy atom. The minimum Gasteiger partial charge on any atom is -0.408 e. The van der Waals surface area contributed by atoms with Gasteiger partial charge in [-0.05, 0) is 12.1 Å². The molecule has 27 heavy (non-hydrogen) atoms. The van der Waals surface area contributed by atoms with E-state index in [-0.39, 0.29) is 6.54 Å². The molecule has 136 valence electrons. The first-order valence-corrected chi connectivity index (χ1v) is 9.04. The normalized spacial score (nSPS) is 10.8. The van der Waals surface area contributed by atoms with E-state index in [0.29, 0.717) is 22.8 Å². The lowest BCUT2D eigenvalue weighted by Crippen LogP contribution is -2.32. The Morgan fingerprint density at radius 3 is 2.70 bits per heavy atom. The Hall–Kier alpha value is -3.46. The number of para-hydroxylation sites is 2. The van der Waals surface area contributed by atoms with Gasteiger partial charge in [0.25, 0.3) is 0 Å². The van der Waals surface area contributed by atoms with Gasteiger partial charge in [-0.2, -0.15) is 0 Å². The summed E-state index contributed by atoms with van der Waals surface area (Å²) in [7, 11) is 0. The lowest BCUT2D eigenvalue weighted by Gasteiger charge is -2.05. The maximum absolute atomic E-state index is 12.0. The Labute approximate surface area is 157 Å². The lowest BCUT2D eigenvalue weighted by molar-refractivity contribution is 0.251. The van der Waals surface area contributed by atoms with Gasteiger partial charge in [-0.15, -0.1) is 10.2 Å². The SMILES string of the molecule is O=C(NCCn1c(=O)oc2ccccc21)Nc1nnc(-c2ccccc2)s1. The van der Waals surface area contributed by atoms with Crippen molar-refractivity contribution in [2.24, 2.45) is 0 Å². The zero-order valence-electron chi connectivity index (χ0n) is 14.1. The van der Waals surface area contributed by atoms with Crippen LogP contribution in [0.3, 0.4) is 0 Å². The molecule has 0 unspecified atom stereocenters. The number of oxazole rings is 1. The summed E-state index contributed by atoms with van der Waals surface area (Å²) in [5.74, 6) is -0.449. The van der Waals surface area contributed by atoms with Crippen molar-refractivity contribution in [3.05, 3.63) is 65.1 Å². The second kappa shape index (κ2) is 7.42. The van der Waals surface area contributed by atoms with E-state index in [2.05, 4.69) is 20.8 Å². The number of hydrogen-bond acceptors (Lipinski definition) is 6. The molecule has 4 rings (SSSR count). The fourth-order valence-corrected chi connectivity index (χ4v) is 3.36. The number of nitrogens with one attached hydrogen (secondary N) is 2. The Balaban J connectivity index is 1.34. The van der Waals surface area contributed by atoms with Crippen LogP contribution in [0.15, 0.2) is 63.8 Å². The molecule has 0 aliphatic carbocycles. The average Bonchev–Trinajstić information content (AvgIpc) is 3.27. The van der Waals surface area contributed by atoms with Gasteiger partial charge in [0.1, 0.15) is 5.01 Å². The zero-order valence-corrected chi connectivity index (χ0v) is 14.9. The van der Waals surface area contributed by atoms with Crippen molar-refractivity contribution < 1.29 is 9.21 Å². The zero-order chi connectivity index (χ0) is 18.6. The predicted octanol–water partition coefficient (Wildman–Crippen LogP) is 2.93. The summed E-state index contributed by atoms with van der Waals surface area (Å²) in [5.41, 5.74) is 2.16. The number of nitrogens with zero attached hydrogens (tertiary/aromatic N) is 3. The van der Waals surface area contributed by atoms with Crippen LogP contribution >= 0.6 is 11.3 Å². The summed E-state index contributed by atoms with van der Waals surface area (Å²) in [6.07, 6.45) is 0. The monoisotopic (exact) mass is 381 g/mol. The largest absolute Gasteiger partial charge is 0.420 e. The van der Waals surface area contributed by atoms with Gasteiger partial charge in [-0.25, -0.2) is 9.59 Å². The summed E-state index contributed by atoms with van der Waals surface area (Å²) >= 11 is 1.29. The molecule has 0 radical (unpaired) electrons. The summed E-state index contributed by atoms with van der Waals surface area (Å²) in [5, 5.41) is 14.5. The van der Waals surface area contributed by atoms with Crippen LogP contribution < -0.4 is 16.4 Å². The van der Waals surface area contributed by atoms with Gasteiger partial charge in [0.2, 0.25) is 5.13 Å². The van der Waals surface area contributed by atoms with Crippen LogP contribution in [0.1, 0.15) is 0 Å². The minimum atomic E-state index is -0.449. The Kier molecular flexibility index (Phi) is 4.67. The molecule has 0 bridgehead atoms. The van der Waals surface area contributed by atoms with Crippen molar-refractivity contribution in [2.45, 2.75) is 6.54 Å². The van der Waals surface area contributed by atoms with E-state index in [1.807, 2.05) is 36.4 Å². The predicted molar refractivity (Wildman–Crippen MR) is 103 cm³/mol. The molecule has 2 amide bonds. The molecule has 0 saturated carbocycles. The van der Waals surface area contributed by atoms with Crippen LogP contribution in [0.25, 0.3) is 21.7 Å². The van der Waals surface area contributed by atoms with Crippen molar-refractivity contribution in [1.82, 2.24) is 20.1 Å². The average molecular weight is 381 g/mol. The number of fused-ring (bicyclic) bond motifs is 1. The molecule has 0 saturated heterocycles. The number of amides is 2. The van der Waals surface area contributed by atoms with E-state index in [9.17, 15) is 9.59 Å². The molecular weight excluding hydrogens is 366 g/mol. The van der Waals surface area contributed by atoms with E-state index in [0.717, 1.165) is 10.6 Å². The van der Waals surface area contributed by atoms with Gasteiger partial charge >= 0.3 is 11.8 Å². The van der Waals surface area contributed by atoms with Crippen LogP contribution in [-0.2, 0) is 6.54 Å². The Bertz CT molecular complexity index is 1130. The number of carbonyl (C=O) groups excluding carboxylic acids is 1. The van der Waals surface area contributed by atoms with Gasteiger partial charge in [-0.3, -0.25) is 9.88 Å². The molecule has 2 aromatic carbocycles.